The van der Waals surface area contributed by atoms with Gasteiger partial charge in [-0.2, -0.15) is 0 Å². The SMILES string of the molecule is CC=CC=[CH][Ti].F.F.F. The van der Waals surface area contributed by atoms with Crippen LogP contribution < -0.4 is 0 Å². The zero-order valence-electron chi connectivity index (χ0n) is 5.03. The standard InChI is InChI=1S/C5H7.3FH.Ti/c1-3-5-4-2;;;;/h1,3-5H,2H3;3*1H;. The van der Waals surface area contributed by atoms with E-state index in [9.17, 15) is 0 Å². The van der Waals surface area contributed by atoms with Crippen LogP contribution in [0.2, 0.25) is 0 Å². The summed E-state index contributed by atoms with van der Waals surface area (Å²) in [5, 5.41) is 0. The molecule has 0 nitrogen and oxygen atoms in total. The van der Waals surface area contributed by atoms with Gasteiger partial charge in [0.15, 0.2) is 0 Å². The fourth-order valence-corrected chi connectivity index (χ4v) is 0.340. The van der Waals surface area contributed by atoms with Crippen LogP contribution in [0.5, 0.6) is 0 Å². The molecule has 0 amide bonds. The Morgan fingerprint density at radius 2 is 1.44 bits per heavy atom. The zero-order valence-corrected chi connectivity index (χ0v) is 6.60. The molecule has 0 radical (unpaired) electrons. The molecule has 0 saturated heterocycles. The molecule has 0 aliphatic carbocycles. The average molecular weight is 175 g/mol. The number of halogens is 3. The van der Waals surface area contributed by atoms with Gasteiger partial charge >= 0.3 is 50.0 Å². The topological polar surface area (TPSA) is 0 Å². The maximum Gasteiger partial charge on any atom is -0.269 e. The van der Waals surface area contributed by atoms with Crippen LogP contribution in [0, 0.1) is 0 Å². The van der Waals surface area contributed by atoms with E-state index >= 15 is 0 Å². The van der Waals surface area contributed by atoms with Crippen LogP contribution in [0.4, 0.5) is 14.1 Å². The van der Waals surface area contributed by atoms with Crippen molar-refractivity contribution in [1.82, 2.24) is 0 Å². The molecule has 0 rings (SSSR count). The van der Waals surface area contributed by atoms with Crippen molar-refractivity contribution in [3.05, 3.63) is 22.6 Å². The third-order valence-corrected chi connectivity index (χ3v) is 0.700. The number of hydrogen-bond donors (Lipinski definition) is 0. The molecule has 0 spiro atoms. The molecule has 0 N–H and O–H groups in total. The molecule has 55 valence electrons. The monoisotopic (exact) mass is 175 g/mol. The van der Waals surface area contributed by atoms with Crippen LogP contribution in [0.25, 0.3) is 0 Å². The summed E-state index contributed by atoms with van der Waals surface area (Å²) >= 11 is 2.00. The van der Waals surface area contributed by atoms with Gasteiger partial charge in [0.2, 0.25) is 0 Å². The van der Waals surface area contributed by atoms with Crippen LogP contribution in [0.3, 0.4) is 0 Å². The second kappa shape index (κ2) is 24.5. The van der Waals surface area contributed by atoms with E-state index in [1.54, 1.807) is 0 Å². The summed E-state index contributed by atoms with van der Waals surface area (Å²) in [5.74, 6) is 0. The van der Waals surface area contributed by atoms with E-state index in [4.69, 9.17) is 0 Å². The Kier molecular flexibility index (Phi) is 62.8. The Hall–Kier alpha value is -0.0157. The van der Waals surface area contributed by atoms with Crippen molar-refractivity contribution in [2.45, 2.75) is 6.92 Å². The van der Waals surface area contributed by atoms with Crippen LogP contribution in [0.1, 0.15) is 6.92 Å². The van der Waals surface area contributed by atoms with Crippen LogP contribution >= 0.6 is 0 Å². The Morgan fingerprint density at radius 1 is 1.00 bits per heavy atom. The maximum atomic E-state index is 2.00. The van der Waals surface area contributed by atoms with E-state index in [0.29, 0.717) is 0 Å². The summed E-state index contributed by atoms with van der Waals surface area (Å²) < 4.78 is 2.00. The largest absolute Gasteiger partial charge is 0.269 e. The van der Waals surface area contributed by atoms with Gasteiger partial charge in [0.05, 0.1) is 0 Å². The first kappa shape index (κ1) is 23.1. The zero-order chi connectivity index (χ0) is 4.83. The van der Waals surface area contributed by atoms with Gasteiger partial charge in [0.1, 0.15) is 0 Å². The Morgan fingerprint density at radius 3 is 1.56 bits per heavy atom. The van der Waals surface area contributed by atoms with Crippen molar-refractivity contribution >= 4 is 0 Å². The minimum absolute atomic E-state index is 0. The molecule has 0 aliphatic rings. The van der Waals surface area contributed by atoms with Crippen molar-refractivity contribution in [3.8, 4) is 0 Å². The normalized spacial score (nSPS) is 7.56. The fraction of sp³-hybridized carbons (Fsp3) is 0.200. The van der Waals surface area contributed by atoms with Gasteiger partial charge in [-0.25, -0.2) is 0 Å². The summed E-state index contributed by atoms with van der Waals surface area (Å²) in [6.45, 7) is 2.00. The summed E-state index contributed by atoms with van der Waals surface area (Å²) in [4.78, 5) is 0. The van der Waals surface area contributed by atoms with Crippen LogP contribution in [0.15, 0.2) is 22.6 Å². The Labute approximate surface area is 64.5 Å². The van der Waals surface area contributed by atoms with Crippen LogP contribution in [-0.2, 0) is 20.4 Å². The van der Waals surface area contributed by atoms with Crippen molar-refractivity contribution in [2.75, 3.05) is 0 Å². The van der Waals surface area contributed by atoms with Gasteiger partial charge in [-0.15, -0.1) is 0 Å². The van der Waals surface area contributed by atoms with Gasteiger partial charge in [0, 0.05) is 0 Å². The van der Waals surface area contributed by atoms with Gasteiger partial charge in [-0.05, 0) is 0 Å². The van der Waals surface area contributed by atoms with Crippen molar-refractivity contribution < 1.29 is 34.5 Å². The molecule has 4 heteroatoms. The van der Waals surface area contributed by atoms with Gasteiger partial charge in [-0.3, -0.25) is 14.1 Å². The molecule has 0 saturated carbocycles. The average Bonchev–Trinajstić information content (AvgIpc) is 1.61. The first-order chi connectivity index (χ1) is 2.91. The second-order valence-corrected chi connectivity index (χ2v) is 1.41. The van der Waals surface area contributed by atoms with E-state index < -0.39 is 0 Å². The van der Waals surface area contributed by atoms with E-state index in [1.807, 2.05) is 50.0 Å². The van der Waals surface area contributed by atoms with Crippen molar-refractivity contribution in [3.63, 3.8) is 0 Å². The molecule has 0 bridgehead atoms. The molecule has 0 atom stereocenters. The quantitative estimate of drug-likeness (QED) is 0.422. The predicted molar refractivity (Wildman–Crippen MR) is 31.5 cm³/mol. The van der Waals surface area contributed by atoms with Gasteiger partial charge in [0.25, 0.3) is 0 Å². The van der Waals surface area contributed by atoms with Crippen molar-refractivity contribution in [1.29, 1.82) is 0 Å². The summed E-state index contributed by atoms with van der Waals surface area (Å²) in [6.07, 6.45) is 6.00. The van der Waals surface area contributed by atoms with Crippen LogP contribution in [-0.4, -0.2) is 0 Å². The summed E-state index contributed by atoms with van der Waals surface area (Å²) in [6, 6.07) is 0. The van der Waals surface area contributed by atoms with E-state index in [0.717, 1.165) is 0 Å². The maximum absolute atomic E-state index is 2.00. The third kappa shape index (κ3) is 32.1. The first-order valence-corrected chi connectivity index (χ1v) is 2.77. The van der Waals surface area contributed by atoms with Crippen molar-refractivity contribution in [2.24, 2.45) is 0 Å². The number of rotatable bonds is 1. The van der Waals surface area contributed by atoms with Gasteiger partial charge < -0.3 is 0 Å². The number of hydrogen-bond acceptors (Lipinski definition) is 0. The Bertz CT molecular complexity index is 60.6. The fourth-order valence-electron chi connectivity index (χ4n) is 0.167. The molecular formula is C5H10F3Ti. The molecule has 0 fully saturated rings. The smallest absolute Gasteiger partial charge is 0.269 e. The molecule has 0 aliphatic heterocycles. The third-order valence-electron chi connectivity index (χ3n) is 0.400. The van der Waals surface area contributed by atoms with E-state index in [2.05, 4.69) is 0 Å². The summed E-state index contributed by atoms with van der Waals surface area (Å²) in [7, 11) is 0. The molecule has 9 heavy (non-hydrogen) atoms. The summed E-state index contributed by atoms with van der Waals surface area (Å²) in [5.41, 5.74) is 0. The molecular weight excluding hydrogens is 165 g/mol. The molecule has 0 aromatic rings. The van der Waals surface area contributed by atoms with E-state index in [-0.39, 0.29) is 14.1 Å². The van der Waals surface area contributed by atoms with Gasteiger partial charge in [-0.1, -0.05) is 0 Å². The second-order valence-electron chi connectivity index (χ2n) is 0.885. The molecule has 0 aromatic heterocycles. The minimum atomic E-state index is 0. The first-order valence-electron chi connectivity index (χ1n) is 1.87. The minimum Gasteiger partial charge on any atom is -0.269 e. The molecule has 0 unspecified atom stereocenters. The Balaban J connectivity index is -0.0000000417. The molecule has 0 heterocycles. The number of allylic oxidation sites excluding steroid dienone is 3. The molecule has 0 aromatic carbocycles. The van der Waals surface area contributed by atoms with E-state index in [1.165, 1.54) is 0 Å². The predicted octanol–water partition coefficient (Wildman–Crippen LogP) is 2.08.